The van der Waals surface area contributed by atoms with E-state index in [1.54, 1.807) is 42.2 Å². The lowest BCUT2D eigenvalue weighted by Crippen LogP contribution is -2.28. The third-order valence-corrected chi connectivity index (χ3v) is 4.40. The summed E-state index contributed by atoms with van der Waals surface area (Å²) in [6.07, 6.45) is 0.861. The van der Waals surface area contributed by atoms with Gasteiger partial charge in [0.15, 0.2) is 5.82 Å². The Balaban J connectivity index is 1.49. The van der Waals surface area contributed by atoms with Gasteiger partial charge in [0.25, 0.3) is 11.8 Å². The first-order chi connectivity index (χ1) is 12.6. The number of aromatic nitrogens is 1. The van der Waals surface area contributed by atoms with Crippen molar-refractivity contribution < 1.29 is 14.1 Å². The number of carbonyl (C=O) groups excluding carboxylic acids is 2. The number of nitrogens with zero attached hydrogens (tertiary/aromatic N) is 2. The van der Waals surface area contributed by atoms with Crippen molar-refractivity contribution in [1.29, 1.82) is 0 Å². The van der Waals surface area contributed by atoms with Crippen molar-refractivity contribution in [2.75, 3.05) is 16.8 Å². The van der Waals surface area contributed by atoms with Crippen LogP contribution in [0.1, 0.15) is 32.0 Å². The van der Waals surface area contributed by atoms with E-state index in [4.69, 9.17) is 4.52 Å². The van der Waals surface area contributed by atoms with Gasteiger partial charge in [-0.05, 0) is 49.2 Å². The number of rotatable bonds is 3. The summed E-state index contributed by atoms with van der Waals surface area (Å²) in [5.41, 5.74) is 3.14. The fourth-order valence-corrected chi connectivity index (χ4v) is 3.08. The van der Waals surface area contributed by atoms with Gasteiger partial charge in [-0.1, -0.05) is 23.4 Å². The van der Waals surface area contributed by atoms with Crippen LogP contribution in [0.25, 0.3) is 0 Å². The van der Waals surface area contributed by atoms with Crippen LogP contribution in [-0.4, -0.2) is 23.5 Å². The first kappa shape index (κ1) is 16.1. The summed E-state index contributed by atoms with van der Waals surface area (Å²) in [5.74, 6) is 0.617. The van der Waals surface area contributed by atoms with Crippen LogP contribution in [0, 0.1) is 6.92 Å². The Morgan fingerprint density at radius 2 is 1.81 bits per heavy atom. The molecule has 1 aliphatic rings. The van der Waals surface area contributed by atoms with Gasteiger partial charge in [-0.3, -0.25) is 9.59 Å². The summed E-state index contributed by atoms with van der Waals surface area (Å²) in [4.78, 5) is 26.8. The lowest BCUT2D eigenvalue weighted by Gasteiger charge is -2.17. The van der Waals surface area contributed by atoms with E-state index in [-0.39, 0.29) is 11.8 Å². The Bertz CT molecular complexity index is 976. The van der Waals surface area contributed by atoms with Gasteiger partial charge in [0, 0.05) is 29.4 Å². The molecule has 0 atom stereocenters. The maximum absolute atomic E-state index is 12.8. The Labute approximate surface area is 150 Å². The SMILES string of the molecule is Cc1cc(NC(=O)c2ccc(C(=O)N3CCc4ccccc43)cc2)no1. The van der Waals surface area contributed by atoms with Crippen molar-refractivity contribution >= 4 is 23.3 Å². The third kappa shape index (κ3) is 2.97. The fraction of sp³-hybridized carbons (Fsp3) is 0.150. The van der Waals surface area contributed by atoms with Crippen LogP contribution in [0.2, 0.25) is 0 Å². The normalized spacial score (nSPS) is 12.7. The van der Waals surface area contributed by atoms with Crippen molar-refractivity contribution in [3.8, 4) is 0 Å². The van der Waals surface area contributed by atoms with Gasteiger partial charge in [-0.2, -0.15) is 0 Å². The Kier molecular flexibility index (Phi) is 4.01. The smallest absolute Gasteiger partial charge is 0.258 e. The molecule has 0 radical (unpaired) electrons. The van der Waals surface area contributed by atoms with E-state index in [2.05, 4.69) is 10.5 Å². The summed E-state index contributed by atoms with van der Waals surface area (Å²) in [5, 5.41) is 6.39. The number of fused-ring (bicyclic) bond motifs is 1. The molecule has 1 N–H and O–H groups in total. The number of anilines is 2. The Morgan fingerprint density at radius 1 is 1.08 bits per heavy atom. The lowest BCUT2D eigenvalue weighted by molar-refractivity contribution is 0.0985. The van der Waals surface area contributed by atoms with Gasteiger partial charge in [0.05, 0.1) is 0 Å². The zero-order chi connectivity index (χ0) is 18.1. The van der Waals surface area contributed by atoms with Crippen LogP contribution in [-0.2, 0) is 6.42 Å². The van der Waals surface area contributed by atoms with Crippen molar-refractivity contribution in [3.05, 3.63) is 77.0 Å². The molecule has 1 aliphatic heterocycles. The molecule has 0 aliphatic carbocycles. The van der Waals surface area contributed by atoms with E-state index in [1.165, 1.54) is 5.56 Å². The molecule has 6 heteroatoms. The number of carbonyl (C=O) groups is 2. The molecule has 4 rings (SSSR count). The van der Waals surface area contributed by atoms with E-state index >= 15 is 0 Å². The molecule has 0 unspecified atom stereocenters. The lowest BCUT2D eigenvalue weighted by atomic mass is 10.1. The molecule has 0 fully saturated rings. The highest BCUT2D eigenvalue weighted by molar-refractivity contribution is 6.08. The minimum atomic E-state index is -0.302. The molecular formula is C20H17N3O3. The minimum absolute atomic E-state index is 0.0611. The molecule has 0 saturated heterocycles. The second kappa shape index (κ2) is 6.48. The number of nitrogens with one attached hydrogen (secondary N) is 1. The summed E-state index contributed by atoms with van der Waals surface area (Å²) in [6, 6.07) is 16.2. The molecule has 2 heterocycles. The first-order valence-electron chi connectivity index (χ1n) is 8.36. The van der Waals surface area contributed by atoms with Crippen molar-refractivity contribution in [2.45, 2.75) is 13.3 Å². The summed E-state index contributed by atoms with van der Waals surface area (Å²) in [7, 11) is 0. The average Bonchev–Trinajstić information content (AvgIpc) is 3.27. The van der Waals surface area contributed by atoms with Gasteiger partial charge < -0.3 is 14.7 Å². The van der Waals surface area contributed by atoms with Gasteiger partial charge >= 0.3 is 0 Å². The highest BCUT2D eigenvalue weighted by Crippen LogP contribution is 2.28. The van der Waals surface area contributed by atoms with E-state index in [0.29, 0.717) is 29.2 Å². The zero-order valence-electron chi connectivity index (χ0n) is 14.2. The van der Waals surface area contributed by atoms with Crippen molar-refractivity contribution in [1.82, 2.24) is 5.16 Å². The molecule has 2 amide bonds. The van der Waals surface area contributed by atoms with E-state index in [9.17, 15) is 9.59 Å². The minimum Gasteiger partial charge on any atom is -0.360 e. The largest absolute Gasteiger partial charge is 0.360 e. The maximum Gasteiger partial charge on any atom is 0.258 e. The van der Waals surface area contributed by atoms with Crippen molar-refractivity contribution in [3.63, 3.8) is 0 Å². The summed E-state index contributed by atoms with van der Waals surface area (Å²) < 4.78 is 4.92. The number of aryl methyl sites for hydroxylation is 1. The summed E-state index contributed by atoms with van der Waals surface area (Å²) in [6.45, 7) is 2.42. The van der Waals surface area contributed by atoms with E-state index < -0.39 is 0 Å². The highest BCUT2D eigenvalue weighted by atomic mass is 16.5. The maximum atomic E-state index is 12.8. The van der Waals surface area contributed by atoms with Gasteiger partial charge in [0.2, 0.25) is 0 Å². The molecule has 2 aromatic carbocycles. The molecule has 26 heavy (non-hydrogen) atoms. The molecule has 0 bridgehead atoms. The third-order valence-electron chi connectivity index (χ3n) is 4.40. The van der Waals surface area contributed by atoms with Crippen LogP contribution < -0.4 is 10.2 Å². The van der Waals surface area contributed by atoms with Crippen LogP contribution in [0.5, 0.6) is 0 Å². The fourth-order valence-electron chi connectivity index (χ4n) is 3.08. The monoisotopic (exact) mass is 347 g/mol. The number of benzene rings is 2. The van der Waals surface area contributed by atoms with Crippen LogP contribution in [0.15, 0.2) is 59.1 Å². The number of hydrogen-bond donors (Lipinski definition) is 1. The number of para-hydroxylation sites is 1. The predicted octanol–water partition coefficient (Wildman–Crippen LogP) is 3.44. The molecule has 130 valence electrons. The molecule has 0 spiro atoms. The second-order valence-corrected chi connectivity index (χ2v) is 6.19. The number of hydrogen-bond acceptors (Lipinski definition) is 4. The topological polar surface area (TPSA) is 75.4 Å². The standard InChI is InChI=1S/C20H17N3O3/c1-13-12-18(22-26-13)21-19(24)15-6-8-16(9-7-15)20(25)23-11-10-14-4-2-3-5-17(14)23/h2-9,12H,10-11H2,1H3,(H,21,22,24). The Hall–Kier alpha value is -3.41. The molecule has 3 aromatic rings. The molecule has 0 saturated carbocycles. The van der Waals surface area contributed by atoms with Crippen LogP contribution >= 0.6 is 0 Å². The second-order valence-electron chi connectivity index (χ2n) is 6.19. The van der Waals surface area contributed by atoms with Crippen molar-refractivity contribution in [2.24, 2.45) is 0 Å². The molecule has 1 aromatic heterocycles. The first-order valence-corrected chi connectivity index (χ1v) is 8.36. The molecule has 6 nitrogen and oxygen atoms in total. The number of amides is 2. The summed E-state index contributed by atoms with van der Waals surface area (Å²) >= 11 is 0. The van der Waals surface area contributed by atoms with Crippen LogP contribution in [0.4, 0.5) is 11.5 Å². The average molecular weight is 347 g/mol. The van der Waals surface area contributed by atoms with Gasteiger partial charge in [-0.25, -0.2) is 0 Å². The van der Waals surface area contributed by atoms with Gasteiger partial charge in [-0.15, -0.1) is 0 Å². The Morgan fingerprint density at radius 3 is 2.54 bits per heavy atom. The molecular weight excluding hydrogens is 330 g/mol. The zero-order valence-corrected chi connectivity index (χ0v) is 14.2. The highest BCUT2D eigenvalue weighted by Gasteiger charge is 2.25. The quantitative estimate of drug-likeness (QED) is 0.787. The predicted molar refractivity (Wildman–Crippen MR) is 97.5 cm³/mol. The van der Waals surface area contributed by atoms with Crippen LogP contribution in [0.3, 0.4) is 0 Å². The van der Waals surface area contributed by atoms with Gasteiger partial charge in [0.1, 0.15) is 5.76 Å². The van der Waals surface area contributed by atoms with E-state index in [1.807, 2.05) is 24.3 Å². The van der Waals surface area contributed by atoms with E-state index in [0.717, 1.165) is 12.1 Å².